The molecule has 0 atom stereocenters. The fourth-order valence-electron chi connectivity index (χ4n) is 2.21. The predicted molar refractivity (Wildman–Crippen MR) is 96.9 cm³/mol. The Kier molecular flexibility index (Phi) is 4.90. The van der Waals surface area contributed by atoms with Crippen LogP contribution in [-0.4, -0.2) is 31.5 Å². The zero-order valence-electron chi connectivity index (χ0n) is 13.8. The van der Waals surface area contributed by atoms with E-state index in [2.05, 4.69) is 24.7 Å². The topological polar surface area (TPSA) is 113 Å². The molecule has 0 fully saturated rings. The van der Waals surface area contributed by atoms with Crippen molar-refractivity contribution in [2.75, 3.05) is 17.1 Å². The Morgan fingerprint density at radius 3 is 2.65 bits per heavy atom. The highest BCUT2D eigenvalue weighted by molar-refractivity contribution is 7.92. The highest BCUT2D eigenvalue weighted by Crippen LogP contribution is 2.25. The molecule has 0 saturated heterocycles. The third-order valence-electron chi connectivity index (χ3n) is 3.46. The quantitative estimate of drug-likeness (QED) is 0.574. The number of sulfonamides is 1. The number of anilines is 3. The molecule has 2 aromatic heterocycles. The maximum atomic E-state index is 12.6. The molecule has 3 N–H and O–H groups in total. The lowest BCUT2D eigenvalue weighted by atomic mass is 10.3. The number of esters is 1. The molecule has 8 nitrogen and oxygen atoms in total. The number of ether oxygens (including phenoxy) is 1. The zero-order valence-corrected chi connectivity index (χ0v) is 14.6. The van der Waals surface area contributed by atoms with E-state index in [-0.39, 0.29) is 16.3 Å². The molecule has 3 rings (SSSR count). The number of nitrogens with one attached hydrogen (secondary N) is 3. The van der Waals surface area contributed by atoms with E-state index < -0.39 is 16.0 Å². The van der Waals surface area contributed by atoms with E-state index in [1.165, 1.54) is 19.4 Å². The van der Waals surface area contributed by atoms with E-state index >= 15 is 0 Å². The van der Waals surface area contributed by atoms with Gasteiger partial charge in [-0.05, 0) is 30.3 Å². The SMILES string of the molecule is COC(=O)c1cc(S(=O)(=O)Nc2cccnc2Nc2ccccc2)c[nH]1. The highest BCUT2D eigenvalue weighted by atomic mass is 32.2. The number of aromatic amines is 1. The Bertz CT molecular complexity index is 1020. The lowest BCUT2D eigenvalue weighted by Gasteiger charge is -2.12. The predicted octanol–water partition coefficient (Wildman–Crippen LogP) is 2.74. The van der Waals surface area contributed by atoms with Crippen molar-refractivity contribution in [3.8, 4) is 0 Å². The molecule has 0 aliphatic heterocycles. The Morgan fingerprint density at radius 2 is 1.92 bits per heavy atom. The second kappa shape index (κ2) is 7.28. The first-order chi connectivity index (χ1) is 12.5. The second-order valence-electron chi connectivity index (χ2n) is 5.24. The minimum atomic E-state index is -3.92. The van der Waals surface area contributed by atoms with Gasteiger partial charge < -0.3 is 15.0 Å². The largest absolute Gasteiger partial charge is 0.464 e. The van der Waals surface area contributed by atoms with Crippen LogP contribution in [0.2, 0.25) is 0 Å². The van der Waals surface area contributed by atoms with Crippen LogP contribution in [0, 0.1) is 0 Å². The standard InChI is InChI=1S/C17H16N4O4S/c1-25-17(22)15-10-13(11-19-15)26(23,24)21-14-8-5-9-18-16(14)20-12-6-3-2-4-7-12/h2-11,19,21H,1H3,(H,18,20). The summed E-state index contributed by atoms with van der Waals surface area (Å²) in [6, 6.07) is 13.7. The first kappa shape index (κ1) is 17.5. The van der Waals surface area contributed by atoms with Crippen LogP contribution in [0.3, 0.4) is 0 Å². The molecule has 2 heterocycles. The highest BCUT2D eigenvalue weighted by Gasteiger charge is 2.20. The van der Waals surface area contributed by atoms with E-state index in [1.807, 2.05) is 30.3 Å². The number of pyridine rings is 1. The van der Waals surface area contributed by atoms with Gasteiger partial charge in [0.2, 0.25) is 0 Å². The van der Waals surface area contributed by atoms with Crippen molar-refractivity contribution in [3.05, 3.63) is 66.6 Å². The summed E-state index contributed by atoms with van der Waals surface area (Å²) in [5, 5.41) is 3.06. The molecule has 0 amide bonds. The Hall–Kier alpha value is -3.33. The Labute approximate surface area is 150 Å². The monoisotopic (exact) mass is 372 g/mol. The lowest BCUT2D eigenvalue weighted by Crippen LogP contribution is -2.14. The molecular weight excluding hydrogens is 356 g/mol. The van der Waals surface area contributed by atoms with Crippen LogP contribution in [0.15, 0.2) is 65.8 Å². The maximum Gasteiger partial charge on any atom is 0.354 e. The molecule has 0 saturated carbocycles. The summed E-state index contributed by atoms with van der Waals surface area (Å²) in [6.07, 6.45) is 2.77. The van der Waals surface area contributed by atoms with Crippen molar-refractivity contribution < 1.29 is 17.9 Å². The van der Waals surface area contributed by atoms with E-state index in [4.69, 9.17) is 0 Å². The average molecular weight is 372 g/mol. The third kappa shape index (κ3) is 3.83. The van der Waals surface area contributed by atoms with Gasteiger partial charge in [-0.2, -0.15) is 0 Å². The minimum Gasteiger partial charge on any atom is -0.464 e. The van der Waals surface area contributed by atoms with E-state index in [9.17, 15) is 13.2 Å². The second-order valence-corrected chi connectivity index (χ2v) is 6.92. The molecule has 134 valence electrons. The molecule has 3 aromatic rings. The van der Waals surface area contributed by atoms with Gasteiger partial charge in [-0.15, -0.1) is 0 Å². The number of hydrogen-bond donors (Lipinski definition) is 3. The van der Waals surface area contributed by atoms with Gasteiger partial charge in [-0.1, -0.05) is 18.2 Å². The van der Waals surface area contributed by atoms with Crippen molar-refractivity contribution in [1.82, 2.24) is 9.97 Å². The molecule has 0 aliphatic carbocycles. The molecule has 0 bridgehead atoms. The minimum absolute atomic E-state index is 0.0432. The van der Waals surface area contributed by atoms with Crippen molar-refractivity contribution in [2.45, 2.75) is 4.90 Å². The fourth-order valence-corrected chi connectivity index (χ4v) is 3.27. The van der Waals surface area contributed by atoms with Crippen LogP contribution in [0.1, 0.15) is 10.5 Å². The number of rotatable bonds is 6. The number of methoxy groups -OCH3 is 1. The average Bonchev–Trinajstić information content (AvgIpc) is 3.15. The molecule has 26 heavy (non-hydrogen) atoms. The number of benzene rings is 1. The third-order valence-corrected chi connectivity index (χ3v) is 4.81. The number of H-pyrrole nitrogens is 1. The van der Waals surface area contributed by atoms with E-state index in [0.29, 0.717) is 5.82 Å². The van der Waals surface area contributed by atoms with Gasteiger partial charge in [0.1, 0.15) is 10.6 Å². The van der Waals surface area contributed by atoms with Crippen molar-refractivity contribution >= 4 is 33.2 Å². The Morgan fingerprint density at radius 1 is 1.15 bits per heavy atom. The molecular formula is C17H16N4O4S. The number of para-hydroxylation sites is 1. The number of carbonyl (C=O) groups is 1. The normalized spacial score (nSPS) is 11.0. The van der Waals surface area contributed by atoms with Gasteiger partial charge in [0, 0.05) is 18.1 Å². The van der Waals surface area contributed by atoms with Gasteiger partial charge >= 0.3 is 5.97 Å². The summed E-state index contributed by atoms with van der Waals surface area (Å²) in [5.74, 6) is -0.301. The summed E-state index contributed by atoms with van der Waals surface area (Å²) in [5.41, 5.74) is 1.08. The van der Waals surface area contributed by atoms with Crippen LogP contribution in [0.4, 0.5) is 17.2 Å². The lowest BCUT2D eigenvalue weighted by molar-refractivity contribution is 0.0594. The first-order valence-electron chi connectivity index (χ1n) is 7.56. The van der Waals surface area contributed by atoms with E-state index in [0.717, 1.165) is 5.69 Å². The van der Waals surface area contributed by atoms with Crippen LogP contribution in [0.5, 0.6) is 0 Å². The van der Waals surface area contributed by atoms with Crippen molar-refractivity contribution in [2.24, 2.45) is 0 Å². The van der Waals surface area contributed by atoms with E-state index in [1.54, 1.807) is 18.3 Å². The molecule has 0 radical (unpaired) electrons. The summed E-state index contributed by atoms with van der Waals surface area (Å²) < 4.78 is 32.2. The van der Waals surface area contributed by atoms with Crippen LogP contribution in [-0.2, 0) is 14.8 Å². The zero-order chi connectivity index (χ0) is 18.6. The molecule has 0 spiro atoms. The first-order valence-corrected chi connectivity index (χ1v) is 9.04. The van der Waals surface area contributed by atoms with Crippen LogP contribution in [0.25, 0.3) is 0 Å². The van der Waals surface area contributed by atoms with Gasteiger partial charge in [0.25, 0.3) is 10.0 Å². The molecule has 0 aliphatic rings. The number of nitrogens with zero attached hydrogens (tertiary/aromatic N) is 1. The van der Waals surface area contributed by atoms with Crippen LogP contribution < -0.4 is 10.0 Å². The Balaban J connectivity index is 1.86. The summed E-state index contributed by atoms with van der Waals surface area (Å²) in [4.78, 5) is 18.1. The van der Waals surface area contributed by atoms with Gasteiger partial charge in [-0.3, -0.25) is 4.72 Å². The number of hydrogen-bond acceptors (Lipinski definition) is 6. The molecule has 9 heteroatoms. The summed E-state index contributed by atoms with van der Waals surface area (Å²) in [7, 11) is -2.70. The number of carbonyl (C=O) groups excluding carboxylic acids is 1. The van der Waals surface area contributed by atoms with Crippen molar-refractivity contribution in [1.29, 1.82) is 0 Å². The van der Waals surface area contributed by atoms with Crippen LogP contribution >= 0.6 is 0 Å². The van der Waals surface area contributed by atoms with Crippen molar-refractivity contribution in [3.63, 3.8) is 0 Å². The maximum absolute atomic E-state index is 12.6. The fraction of sp³-hybridized carbons (Fsp3) is 0.0588. The molecule has 1 aromatic carbocycles. The molecule has 0 unspecified atom stereocenters. The van der Waals surface area contributed by atoms with Gasteiger partial charge in [0.15, 0.2) is 5.82 Å². The number of aromatic nitrogens is 2. The van der Waals surface area contributed by atoms with Gasteiger partial charge in [-0.25, -0.2) is 18.2 Å². The summed E-state index contributed by atoms with van der Waals surface area (Å²) in [6.45, 7) is 0. The summed E-state index contributed by atoms with van der Waals surface area (Å²) >= 11 is 0. The van der Waals surface area contributed by atoms with Gasteiger partial charge in [0.05, 0.1) is 12.8 Å². The smallest absolute Gasteiger partial charge is 0.354 e.